The molecule has 1 saturated carbocycles. The summed E-state index contributed by atoms with van der Waals surface area (Å²) < 4.78 is 155. The van der Waals surface area contributed by atoms with Crippen molar-refractivity contribution in [3.05, 3.63) is 29.3 Å². The van der Waals surface area contributed by atoms with Crippen LogP contribution < -0.4 is 4.74 Å². The summed E-state index contributed by atoms with van der Waals surface area (Å²) in [6, 6.07) is -4.44. The number of likely N-dealkylation sites (tertiary alicyclic amines) is 1. The molecule has 1 saturated heterocycles. The van der Waals surface area contributed by atoms with Crippen molar-refractivity contribution in [2.24, 2.45) is 5.89 Å². The number of rotatable bonds is 1. The zero-order valence-corrected chi connectivity index (χ0v) is 10.6. The Hall–Kier alpha value is -1.02. The molecule has 0 aromatic heterocycles. The highest BCUT2D eigenvalue weighted by molar-refractivity contribution is 5.45. The van der Waals surface area contributed by atoms with E-state index in [0.29, 0.717) is 0 Å². The fourth-order valence-corrected chi connectivity index (χ4v) is 3.29. The second-order valence-corrected chi connectivity index (χ2v) is 5.14. The van der Waals surface area contributed by atoms with Gasteiger partial charge in [0.2, 0.25) is 0 Å². The lowest BCUT2D eigenvalue weighted by Gasteiger charge is -2.58. The Kier molecular flexibility index (Phi) is 0.862. The highest BCUT2D eigenvalue weighted by Gasteiger charge is 2.53. The summed E-state index contributed by atoms with van der Waals surface area (Å²) in [6.07, 6.45) is -15.9. The highest BCUT2D eigenvalue weighted by atomic mass is 16.5. The molecule has 3 atom stereocenters. The van der Waals surface area contributed by atoms with E-state index in [1.54, 1.807) is 0 Å². The first kappa shape index (κ1) is 3.84. The fraction of sp³-hybridized carbons (Fsp3) is 0.667. The van der Waals surface area contributed by atoms with Crippen molar-refractivity contribution in [3.63, 3.8) is 0 Å². The number of fused-ring (bicyclic) bond motifs is 1. The van der Waals surface area contributed by atoms with Crippen LogP contribution in [0.4, 0.5) is 0 Å². The molecule has 0 N–H and O–H groups in total. The minimum Gasteiger partial charge on any atom is -0.497 e. The van der Waals surface area contributed by atoms with Gasteiger partial charge in [0.1, 0.15) is 5.75 Å². The van der Waals surface area contributed by atoms with Gasteiger partial charge in [0, 0.05) is 27.9 Å². The molecule has 2 aliphatic carbocycles. The summed E-state index contributed by atoms with van der Waals surface area (Å²) in [7, 11) is -3.23. The van der Waals surface area contributed by atoms with Crippen LogP contribution in [0, 0.1) is 5.89 Å². The van der Waals surface area contributed by atoms with Crippen molar-refractivity contribution in [3.8, 4) is 5.75 Å². The number of ether oxygens (including phenoxy) is 1. The van der Waals surface area contributed by atoms with E-state index in [9.17, 15) is 1.37 Å². The van der Waals surface area contributed by atoms with Crippen LogP contribution in [0.25, 0.3) is 0 Å². The van der Waals surface area contributed by atoms with Crippen LogP contribution in [0.5, 0.6) is 5.75 Å². The number of hydrogen-bond acceptors (Lipinski definition) is 2. The Morgan fingerprint density at radius 3 is 3.45 bits per heavy atom. The molecule has 1 aromatic rings. The Bertz CT molecular complexity index is 1190. The molecule has 4 rings (SSSR count). The number of hydrogen-bond donors (Lipinski definition) is 0. The number of methoxy groups -OCH3 is 1. The Labute approximate surface area is 147 Å². The standard InChI is InChI=1S/C18H25NO/c1-19-10-9-18-8-4-3-5-15(18)17(19)11-13-6-7-14(20-2)12-16(13)18/h6-7,12,15,17H,3-5,8-11H2,1-2H3/t15-,17?,18+/m1/s1/i1D3,2D3,3D2,4D2,5D2,6D,7D,8D2,12D,15D. The van der Waals surface area contributed by atoms with Gasteiger partial charge in [0.05, 0.1) is 15.3 Å². The first-order valence-corrected chi connectivity index (χ1v) is 6.36. The van der Waals surface area contributed by atoms with Gasteiger partial charge in [-0.2, -0.15) is 0 Å². The largest absolute Gasteiger partial charge is 0.497 e. The van der Waals surface area contributed by atoms with Crippen molar-refractivity contribution >= 4 is 0 Å². The molecule has 108 valence electrons. The number of benzene rings is 1. The molecule has 20 heavy (non-hydrogen) atoms. The van der Waals surface area contributed by atoms with Crippen molar-refractivity contribution < 1.29 is 29.4 Å². The van der Waals surface area contributed by atoms with Gasteiger partial charge in [0.25, 0.3) is 0 Å². The van der Waals surface area contributed by atoms with Crippen molar-refractivity contribution in [1.82, 2.24) is 4.90 Å². The maximum Gasteiger partial charge on any atom is 0.119 e. The summed E-state index contributed by atoms with van der Waals surface area (Å²) in [4.78, 5) is 0.728. The van der Waals surface area contributed by atoms with Crippen LogP contribution >= 0.6 is 0 Å². The van der Waals surface area contributed by atoms with Crippen molar-refractivity contribution in [2.45, 2.75) is 49.8 Å². The van der Waals surface area contributed by atoms with Gasteiger partial charge >= 0.3 is 0 Å². The lowest BCUT2D eigenvalue weighted by atomic mass is 9.52. The zero-order valence-electron chi connectivity index (χ0n) is 28.6. The molecular formula is C18H25NO. The van der Waals surface area contributed by atoms with Gasteiger partial charge < -0.3 is 9.64 Å². The van der Waals surface area contributed by atoms with E-state index < -0.39 is 106 Å². The Balaban J connectivity index is 2.25. The Morgan fingerprint density at radius 1 is 1.55 bits per heavy atom. The van der Waals surface area contributed by atoms with Gasteiger partial charge in [-0.15, -0.1) is 0 Å². The third-order valence-corrected chi connectivity index (χ3v) is 4.23. The van der Waals surface area contributed by atoms with Gasteiger partial charge in [-0.05, 0) is 68.2 Å². The molecule has 1 aromatic carbocycles. The average molecular weight is 290 g/mol. The smallest absolute Gasteiger partial charge is 0.119 e. The Morgan fingerprint density at radius 2 is 2.55 bits per heavy atom. The number of likely N-dealkylation sites (N-methyl/N-ethyl adjacent to an activating group) is 1. The maximum atomic E-state index is 9.53. The predicted octanol–water partition coefficient (Wildman–Crippen LogP) is 3.38. The SMILES string of the molecule is [2H]c1c([2H])c(OC([2H])([2H])[2H])c([2H])c2c1CC1N(C([2H])([2H])[2H])CC[C@]23C([2H])([2H])C([2H])([2H])C([2H])([2H])C([2H])([2H])[C@]13[2H]. The molecule has 0 radical (unpaired) electrons. The van der Waals surface area contributed by atoms with Gasteiger partial charge in [-0.25, -0.2) is 0 Å². The minimum atomic E-state index is -3.68. The van der Waals surface area contributed by atoms with E-state index in [-0.39, 0.29) is 5.56 Å². The van der Waals surface area contributed by atoms with Crippen molar-refractivity contribution in [2.75, 3.05) is 20.6 Å². The molecule has 3 aliphatic rings. The molecule has 1 unspecified atom stereocenters. The lowest BCUT2D eigenvalue weighted by Crippen LogP contribution is -2.59. The van der Waals surface area contributed by atoms with Crippen LogP contribution in [0.15, 0.2) is 18.1 Å². The third kappa shape index (κ3) is 1.60. The van der Waals surface area contributed by atoms with Gasteiger partial charge in [-0.1, -0.05) is 18.8 Å². The van der Waals surface area contributed by atoms with E-state index in [4.69, 9.17) is 28.0 Å². The molecule has 0 spiro atoms. The lowest BCUT2D eigenvalue weighted by molar-refractivity contribution is 0.00274. The summed E-state index contributed by atoms with van der Waals surface area (Å²) in [5, 5.41) is 0. The maximum absolute atomic E-state index is 9.53. The van der Waals surface area contributed by atoms with Crippen LogP contribution in [0.2, 0.25) is 0 Å². The average Bonchev–Trinajstić information content (AvgIpc) is 2.72. The van der Waals surface area contributed by atoms with Gasteiger partial charge in [0.15, 0.2) is 0 Å². The second-order valence-electron chi connectivity index (χ2n) is 5.14. The quantitative estimate of drug-likeness (QED) is 0.786. The molecule has 2 nitrogen and oxygen atoms in total. The van der Waals surface area contributed by atoms with E-state index in [1.165, 1.54) is 0 Å². The van der Waals surface area contributed by atoms with Crippen molar-refractivity contribution in [1.29, 1.82) is 0 Å². The zero-order chi connectivity index (χ0) is 29.4. The minimum absolute atomic E-state index is 0.336. The summed E-state index contributed by atoms with van der Waals surface area (Å²) in [6.45, 7) is -3.50. The summed E-state index contributed by atoms with van der Waals surface area (Å²) in [5.41, 5.74) is -3.76. The number of nitrogens with zero attached hydrogens (tertiary/aromatic N) is 1. The predicted molar refractivity (Wildman–Crippen MR) is 81.4 cm³/mol. The molecular weight excluding hydrogens is 246 g/mol. The van der Waals surface area contributed by atoms with E-state index in [2.05, 4.69) is 0 Å². The first-order valence-electron chi connectivity index (χ1n) is 15.4. The summed E-state index contributed by atoms with van der Waals surface area (Å²) in [5.74, 6) is -4.07. The molecule has 1 heterocycles. The van der Waals surface area contributed by atoms with Crippen LogP contribution in [-0.2, 0) is 11.8 Å². The van der Waals surface area contributed by atoms with Gasteiger partial charge in [-0.3, -0.25) is 0 Å². The van der Waals surface area contributed by atoms with Crippen LogP contribution in [0.3, 0.4) is 0 Å². The monoisotopic (exact) mass is 289 g/mol. The van der Waals surface area contributed by atoms with E-state index in [1.807, 2.05) is 0 Å². The first-order chi connectivity index (χ1) is 16.8. The van der Waals surface area contributed by atoms with E-state index >= 15 is 0 Å². The van der Waals surface area contributed by atoms with Crippen LogP contribution in [0.1, 0.15) is 67.7 Å². The molecule has 1 aliphatic heterocycles. The number of piperidine rings is 1. The fourth-order valence-electron chi connectivity index (χ4n) is 3.29. The van der Waals surface area contributed by atoms with Crippen LogP contribution in [-0.4, -0.2) is 31.5 Å². The summed E-state index contributed by atoms with van der Waals surface area (Å²) >= 11 is 0. The second kappa shape index (κ2) is 4.49. The topological polar surface area (TPSA) is 12.5 Å². The highest BCUT2D eigenvalue weighted by Crippen LogP contribution is 2.55. The van der Waals surface area contributed by atoms with E-state index in [0.717, 1.165) is 4.90 Å². The normalized spacial score (nSPS) is 64.3. The molecule has 2 bridgehead atoms. The third-order valence-electron chi connectivity index (χ3n) is 4.23. The molecule has 2 fully saturated rings. The molecule has 2 heteroatoms. The molecule has 0 amide bonds.